The van der Waals surface area contributed by atoms with Crippen LogP contribution < -0.4 is 15.4 Å². The van der Waals surface area contributed by atoms with Crippen molar-refractivity contribution in [3.63, 3.8) is 0 Å². The summed E-state index contributed by atoms with van der Waals surface area (Å²) >= 11 is 5.84. The molecule has 25 heavy (non-hydrogen) atoms. The van der Waals surface area contributed by atoms with Crippen molar-refractivity contribution >= 4 is 34.6 Å². The van der Waals surface area contributed by atoms with E-state index in [0.29, 0.717) is 16.4 Å². The lowest BCUT2D eigenvalue weighted by molar-refractivity contribution is 0.102. The van der Waals surface area contributed by atoms with Gasteiger partial charge in [0, 0.05) is 28.3 Å². The zero-order valence-corrected chi connectivity index (χ0v) is 14.2. The summed E-state index contributed by atoms with van der Waals surface area (Å²) < 4.78 is 5.13. The number of benzene rings is 2. The molecule has 0 saturated heterocycles. The number of carbonyl (C=O) groups excluding carboxylic acids is 1. The highest BCUT2D eigenvalue weighted by Gasteiger charge is 2.09. The van der Waals surface area contributed by atoms with Gasteiger partial charge in [0.1, 0.15) is 11.4 Å². The van der Waals surface area contributed by atoms with Gasteiger partial charge in [-0.3, -0.25) is 9.78 Å². The predicted octanol–water partition coefficient (Wildman–Crippen LogP) is 4.74. The van der Waals surface area contributed by atoms with Gasteiger partial charge < -0.3 is 15.4 Å². The van der Waals surface area contributed by atoms with Crippen LogP contribution in [-0.4, -0.2) is 18.0 Å². The molecule has 0 atom stereocenters. The van der Waals surface area contributed by atoms with E-state index in [2.05, 4.69) is 15.6 Å². The van der Waals surface area contributed by atoms with E-state index in [1.54, 1.807) is 49.7 Å². The number of hydrogen-bond donors (Lipinski definition) is 2. The maximum atomic E-state index is 12.3. The number of hydrogen-bond acceptors (Lipinski definition) is 4. The van der Waals surface area contributed by atoms with E-state index in [1.807, 2.05) is 24.3 Å². The number of carbonyl (C=O) groups is 1. The summed E-state index contributed by atoms with van der Waals surface area (Å²) in [6.45, 7) is 0. The molecule has 1 heterocycles. The van der Waals surface area contributed by atoms with Gasteiger partial charge in [-0.25, -0.2) is 0 Å². The number of amides is 1. The SMILES string of the molecule is COc1ccc(Nc2ccnc(C(=O)Nc3ccc(Cl)cc3)c2)cc1. The quantitative estimate of drug-likeness (QED) is 0.695. The van der Waals surface area contributed by atoms with Crippen LogP contribution in [0.25, 0.3) is 0 Å². The minimum Gasteiger partial charge on any atom is -0.497 e. The molecular weight excluding hydrogens is 338 g/mol. The molecule has 0 saturated carbocycles. The zero-order valence-electron chi connectivity index (χ0n) is 13.5. The molecule has 0 unspecified atom stereocenters. The largest absolute Gasteiger partial charge is 0.497 e. The van der Waals surface area contributed by atoms with Crippen molar-refractivity contribution in [2.75, 3.05) is 17.7 Å². The van der Waals surface area contributed by atoms with E-state index in [1.165, 1.54) is 0 Å². The maximum absolute atomic E-state index is 12.3. The van der Waals surface area contributed by atoms with Gasteiger partial charge in [0.2, 0.25) is 0 Å². The lowest BCUT2D eigenvalue weighted by Crippen LogP contribution is -2.13. The zero-order chi connectivity index (χ0) is 17.6. The summed E-state index contributed by atoms with van der Waals surface area (Å²) in [5.41, 5.74) is 2.62. The number of aromatic nitrogens is 1. The Morgan fingerprint density at radius 2 is 1.64 bits per heavy atom. The molecule has 2 aromatic carbocycles. The minimum atomic E-state index is -0.291. The first kappa shape index (κ1) is 16.8. The van der Waals surface area contributed by atoms with Crippen LogP contribution in [0.4, 0.5) is 17.1 Å². The predicted molar refractivity (Wildman–Crippen MR) is 99.9 cm³/mol. The molecule has 3 rings (SSSR count). The standard InChI is InChI=1S/C19H16ClN3O2/c1-25-17-8-6-14(7-9-17)22-16-10-11-21-18(12-16)19(24)23-15-4-2-13(20)3-5-15/h2-12H,1H3,(H,21,22)(H,23,24). The van der Waals surface area contributed by atoms with Gasteiger partial charge in [0.25, 0.3) is 5.91 Å². The Morgan fingerprint density at radius 1 is 0.960 bits per heavy atom. The lowest BCUT2D eigenvalue weighted by Gasteiger charge is -2.09. The van der Waals surface area contributed by atoms with Gasteiger partial charge in [-0.05, 0) is 60.7 Å². The lowest BCUT2D eigenvalue weighted by atomic mass is 10.2. The normalized spacial score (nSPS) is 10.2. The number of anilines is 3. The molecule has 0 fully saturated rings. The summed E-state index contributed by atoms with van der Waals surface area (Å²) in [5, 5.41) is 6.63. The average Bonchev–Trinajstić information content (AvgIpc) is 2.64. The second kappa shape index (κ2) is 7.68. The second-order valence-electron chi connectivity index (χ2n) is 5.24. The van der Waals surface area contributed by atoms with Crippen molar-refractivity contribution in [1.82, 2.24) is 4.98 Å². The summed E-state index contributed by atoms with van der Waals surface area (Å²) in [6.07, 6.45) is 1.59. The first-order valence-electron chi connectivity index (χ1n) is 7.58. The fourth-order valence-electron chi connectivity index (χ4n) is 2.20. The molecule has 0 bridgehead atoms. The van der Waals surface area contributed by atoms with Crippen LogP contribution in [0, 0.1) is 0 Å². The highest BCUT2D eigenvalue weighted by Crippen LogP contribution is 2.20. The highest BCUT2D eigenvalue weighted by molar-refractivity contribution is 6.30. The van der Waals surface area contributed by atoms with Gasteiger partial charge >= 0.3 is 0 Å². The van der Waals surface area contributed by atoms with Crippen LogP contribution >= 0.6 is 11.6 Å². The number of rotatable bonds is 5. The summed E-state index contributed by atoms with van der Waals surface area (Å²) in [6, 6.07) is 17.9. The van der Waals surface area contributed by atoms with Crippen LogP contribution in [0.3, 0.4) is 0 Å². The summed E-state index contributed by atoms with van der Waals surface area (Å²) in [7, 11) is 1.62. The third-order valence-electron chi connectivity index (χ3n) is 3.47. The first-order valence-corrected chi connectivity index (χ1v) is 7.96. The van der Waals surface area contributed by atoms with Crippen LogP contribution in [0.5, 0.6) is 5.75 Å². The maximum Gasteiger partial charge on any atom is 0.274 e. The summed E-state index contributed by atoms with van der Waals surface area (Å²) in [4.78, 5) is 16.5. The van der Waals surface area contributed by atoms with E-state index in [-0.39, 0.29) is 5.91 Å². The van der Waals surface area contributed by atoms with Gasteiger partial charge in [0.05, 0.1) is 7.11 Å². The van der Waals surface area contributed by atoms with Crippen molar-refractivity contribution in [3.8, 4) is 5.75 Å². The first-order chi connectivity index (χ1) is 12.1. The molecule has 2 N–H and O–H groups in total. The van der Waals surface area contributed by atoms with Crippen LogP contribution in [0.1, 0.15) is 10.5 Å². The van der Waals surface area contributed by atoms with Crippen molar-refractivity contribution in [2.24, 2.45) is 0 Å². The third-order valence-corrected chi connectivity index (χ3v) is 3.73. The molecule has 0 radical (unpaired) electrons. The van der Waals surface area contributed by atoms with Gasteiger partial charge in [-0.2, -0.15) is 0 Å². The van der Waals surface area contributed by atoms with E-state index < -0.39 is 0 Å². The summed E-state index contributed by atoms with van der Waals surface area (Å²) in [5.74, 6) is 0.490. The Labute approximate surface area is 150 Å². The van der Waals surface area contributed by atoms with E-state index in [4.69, 9.17) is 16.3 Å². The molecule has 1 amide bonds. The Bertz CT molecular complexity index is 865. The molecule has 5 nitrogen and oxygen atoms in total. The average molecular weight is 354 g/mol. The van der Waals surface area contributed by atoms with Crippen molar-refractivity contribution in [2.45, 2.75) is 0 Å². The molecule has 0 aliphatic carbocycles. The van der Waals surface area contributed by atoms with Crippen molar-refractivity contribution < 1.29 is 9.53 Å². The van der Waals surface area contributed by atoms with Gasteiger partial charge in [0.15, 0.2) is 0 Å². The third kappa shape index (κ3) is 4.49. The van der Waals surface area contributed by atoms with Crippen molar-refractivity contribution in [3.05, 3.63) is 77.6 Å². The van der Waals surface area contributed by atoms with Crippen LogP contribution in [-0.2, 0) is 0 Å². The van der Waals surface area contributed by atoms with E-state index in [9.17, 15) is 4.79 Å². The fourth-order valence-corrected chi connectivity index (χ4v) is 2.33. The topological polar surface area (TPSA) is 63.2 Å². The Morgan fingerprint density at radius 3 is 2.32 bits per heavy atom. The highest BCUT2D eigenvalue weighted by atomic mass is 35.5. The number of nitrogens with zero attached hydrogens (tertiary/aromatic N) is 1. The molecule has 0 spiro atoms. The van der Waals surface area contributed by atoms with E-state index >= 15 is 0 Å². The number of pyridine rings is 1. The smallest absolute Gasteiger partial charge is 0.274 e. The Kier molecular flexibility index (Phi) is 5.16. The molecule has 0 aliphatic rings. The molecule has 3 aromatic rings. The molecule has 0 aliphatic heterocycles. The molecule has 1 aromatic heterocycles. The van der Waals surface area contributed by atoms with Crippen molar-refractivity contribution in [1.29, 1.82) is 0 Å². The van der Waals surface area contributed by atoms with Gasteiger partial charge in [-0.1, -0.05) is 11.6 Å². The van der Waals surface area contributed by atoms with Crippen LogP contribution in [0.15, 0.2) is 66.9 Å². The second-order valence-corrected chi connectivity index (χ2v) is 5.68. The number of halogens is 1. The minimum absolute atomic E-state index is 0.291. The number of ether oxygens (including phenoxy) is 1. The van der Waals surface area contributed by atoms with Gasteiger partial charge in [-0.15, -0.1) is 0 Å². The fraction of sp³-hybridized carbons (Fsp3) is 0.0526. The van der Waals surface area contributed by atoms with Crippen LogP contribution in [0.2, 0.25) is 5.02 Å². The molecule has 6 heteroatoms. The number of methoxy groups -OCH3 is 1. The molecular formula is C19H16ClN3O2. The van der Waals surface area contributed by atoms with E-state index in [0.717, 1.165) is 17.1 Å². The Balaban J connectivity index is 1.71. The number of nitrogens with one attached hydrogen (secondary N) is 2. The molecule has 126 valence electrons. The monoisotopic (exact) mass is 353 g/mol. The Hall–Kier alpha value is -3.05.